The summed E-state index contributed by atoms with van der Waals surface area (Å²) in [7, 11) is 0. The third-order valence-electron chi connectivity index (χ3n) is 4.48. The maximum absolute atomic E-state index is 13.2. The molecule has 0 saturated heterocycles. The van der Waals surface area contributed by atoms with Crippen LogP contribution in [-0.2, 0) is 0 Å². The predicted molar refractivity (Wildman–Crippen MR) is 114 cm³/mol. The van der Waals surface area contributed by atoms with Gasteiger partial charge in [0.05, 0.1) is 10.6 Å². The molecule has 2 heterocycles. The van der Waals surface area contributed by atoms with Crippen LogP contribution in [0.2, 0.25) is 0 Å². The van der Waals surface area contributed by atoms with Crippen molar-refractivity contribution in [2.45, 2.75) is 0 Å². The van der Waals surface area contributed by atoms with Crippen LogP contribution in [0, 0.1) is 5.82 Å². The zero-order chi connectivity index (χ0) is 18.2. The van der Waals surface area contributed by atoms with Gasteiger partial charge in [-0.25, -0.2) is 9.37 Å². The molecule has 0 saturated carbocycles. The lowest BCUT2D eigenvalue weighted by Crippen LogP contribution is -1.82. The zero-order valence-corrected chi connectivity index (χ0v) is 15.9. The lowest BCUT2D eigenvalue weighted by atomic mass is 10.0. The van der Waals surface area contributed by atoms with Crippen molar-refractivity contribution in [1.29, 1.82) is 0 Å². The van der Waals surface area contributed by atoms with E-state index in [4.69, 9.17) is 4.98 Å². The molecule has 2 aromatic heterocycles. The molecule has 0 spiro atoms. The molecule has 0 fully saturated rings. The van der Waals surface area contributed by atoms with Crippen molar-refractivity contribution in [3.05, 3.63) is 90.1 Å². The molecule has 27 heavy (non-hydrogen) atoms. The highest BCUT2D eigenvalue weighted by molar-refractivity contribution is 7.25. The summed E-state index contributed by atoms with van der Waals surface area (Å²) in [5.41, 5.74) is 4.10. The lowest BCUT2D eigenvalue weighted by Gasteiger charge is -2.04. The average molecular weight is 388 g/mol. The van der Waals surface area contributed by atoms with Crippen molar-refractivity contribution in [3.63, 3.8) is 0 Å². The van der Waals surface area contributed by atoms with Crippen LogP contribution in [0.3, 0.4) is 0 Å². The van der Waals surface area contributed by atoms with E-state index in [1.807, 2.05) is 12.1 Å². The molecule has 4 heteroatoms. The quantitative estimate of drug-likeness (QED) is 0.312. The third kappa shape index (κ3) is 3.18. The Kier molecular flexibility index (Phi) is 4.07. The summed E-state index contributed by atoms with van der Waals surface area (Å²) in [5.74, 6) is -0.220. The van der Waals surface area contributed by atoms with E-state index in [0.29, 0.717) is 0 Å². The van der Waals surface area contributed by atoms with E-state index >= 15 is 0 Å². The molecule has 0 aliphatic rings. The van der Waals surface area contributed by atoms with E-state index in [2.05, 4.69) is 47.8 Å². The maximum Gasteiger partial charge on any atom is 0.134 e. The van der Waals surface area contributed by atoms with Crippen LogP contribution in [0.25, 0.3) is 42.4 Å². The first-order chi connectivity index (χ1) is 13.3. The van der Waals surface area contributed by atoms with Crippen LogP contribution in [0.15, 0.2) is 84.2 Å². The highest BCUT2D eigenvalue weighted by Crippen LogP contribution is 2.37. The van der Waals surface area contributed by atoms with Crippen molar-refractivity contribution < 1.29 is 4.39 Å². The van der Waals surface area contributed by atoms with Crippen molar-refractivity contribution in [1.82, 2.24) is 4.98 Å². The van der Waals surface area contributed by atoms with Crippen LogP contribution in [0.5, 0.6) is 0 Å². The Balaban J connectivity index is 1.50. The van der Waals surface area contributed by atoms with Gasteiger partial charge in [0.1, 0.15) is 10.8 Å². The molecule has 0 amide bonds. The standard InChI is InChI=1S/C23H14FNS2/c24-19-10-8-15(9-11-19)16-5-3-6-17(12-16)20-14-26-23(25-20)22-13-18-4-1-2-7-21(18)27-22/h1-14H. The monoisotopic (exact) mass is 387 g/mol. The Hall–Kier alpha value is -2.82. The van der Waals surface area contributed by atoms with E-state index in [-0.39, 0.29) is 5.82 Å². The van der Waals surface area contributed by atoms with Crippen molar-refractivity contribution in [3.8, 4) is 32.3 Å². The van der Waals surface area contributed by atoms with Crippen LogP contribution in [0.1, 0.15) is 0 Å². The second-order valence-corrected chi connectivity index (χ2v) is 8.22. The van der Waals surface area contributed by atoms with Gasteiger partial charge in [0.2, 0.25) is 0 Å². The zero-order valence-electron chi connectivity index (χ0n) is 14.2. The van der Waals surface area contributed by atoms with Crippen LogP contribution >= 0.6 is 22.7 Å². The summed E-state index contributed by atoms with van der Waals surface area (Å²) in [6.45, 7) is 0. The SMILES string of the molecule is Fc1ccc(-c2cccc(-c3csc(-c4cc5ccccc5s4)n3)c2)cc1. The van der Waals surface area contributed by atoms with Gasteiger partial charge in [-0.05, 0) is 46.8 Å². The number of rotatable bonds is 3. The summed E-state index contributed by atoms with van der Waals surface area (Å²) < 4.78 is 14.5. The molecule has 5 aromatic rings. The Morgan fingerprint density at radius 2 is 1.56 bits per heavy atom. The normalized spacial score (nSPS) is 11.1. The Labute approximate surface area is 164 Å². The Morgan fingerprint density at radius 3 is 2.41 bits per heavy atom. The van der Waals surface area contributed by atoms with E-state index < -0.39 is 0 Å². The van der Waals surface area contributed by atoms with Crippen LogP contribution in [0.4, 0.5) is 4.39 Å². The van der Waals surface area contributed by atoms with Gasteiger partial charge in [0, 0.05) is 15.6 Å². The average Bonchev–Trinajstić information content (AvgIpc) is 3.36. The van der Waals surface area contributed by atoms with Crippen LogP contribution < -0.4 is 0 Å². The van der Waals surface area contributed by atoms with Gasteiger partial charge in [-0.15, -0.1) is 22.7 Å². The van der Waals surface area contributed by atoms with Gasteiger partial charge >= 0.3 is 0 Å². The number of thiazole rings is 1. The fraction of sp³-hybridized carbons (Fsp3) is 0. The largest absolute Gasteiger partial charge is 0.235 e. The predicted octanol–water partition coefficient (Wildman–Crippen LogP) is 7.50. The molecule has 0 aliphatic carbocycles. The third-order valence-corrected chi connectivity index (χ3v) is 6.60. The molecular weight excluding hydrogens is 373 g/mol. The number of nitrogens with zero attached hydrogens (tertiary/aromatic N) is 1. The summed E-state index contributed by atoms with van der Waals surface area (Å²) in [6.07, 6.45) is 0. The van der Waals surface area contributed by atoms with E-state index in [1.54, 1.807) is 34.8 Å². The second kappa shape index (κ2) is 6.72. The molecule has 0 unspecified atom stereocenters. The van der Waals surface area contributed by atoms with Gasteiger partial charge in [-0.3, -0.25) is 0 Å². The van der Waals surface area contributed by atoms with E-state index in [1.165, 1.54) is 27.1 Å². The smallest absolute Gasteiger partial charge is 0.134 e. The van der Waals surface area contributed by atoms with Crippen molar-refractivity contribution >= 4 is 32.8 Å². The fourth-order valence-electron chi connectivity index (χ4n) is 3.11. The molecule has 0 N–H and O–H groups in total. The minimum atomic E-state index is -0.220. The van der Waals surface area contributed by atoms with Crippen molar-refractivity contribution in [2.24, 2.45) is 0 Å². The fourth-order valence-corrected chi connectivity index (χ4v) is 5.06. The molecule has 5 rings (SSSR count). The number of halogens is 1. The highest BCUT2D eigenvalue weighted by atomic mass is 32.1. The van der Waals surface area contributed by atoms with Crippen LogP contribution in [-0.4, -0.2) is 4.98 Å². The van der Waals surface area contributed by atoms with E-state index in [0.717, 1.165) is 27.4 Å². The number of hydrogen-bond acceptors (Lipinski definition) is 3. The van der Waals surface area contributed by atoms with E-state index in [9.17, 15) is 4.39 Å². The molecule has 3 aromatic carbocycles. The number of fused-ring (bicyclic) bond motifs is 1. The second-order valence-electron chi connectivity index (χ2n) is 6.27. The maximum atomic E-state index is 13.2. The first kappa shape index (κ1) is 16.4. The van der Waals surface area contributed by atoms with Gasteiger partial charge in [0.15, 0.2) is 0 Å². The molecular formula is C23H14FNS2. The van der Waals surface area contributed by atoms with Gasteiger partial charge < -0.3 is 0 Å². The summed E-state index contributed by atoms with van der Waals surface area (Å²) in [5, 5.41) is 4.40. The highest BCUT2D eigenvalue weighted by Gasteiger charge is 2.10. The summed E-state index contributed by atoms with van der Waals surface area (Å²) >= 11 is 3.44. The molecule has 1 nitrogen and oxygen atoms in total. The molecule has 130 valence electrons. The number of aromatic nitrogens is 1. The summed E-state index contributed by atoms with van der Waals surface area (Å²) in [6, 6.07) is 25.4. The summed E-state index contributed by atoms with van der Waals surface area (Å²) in [4.78, 5) is 6.06. The molecule has 0 atom stereocenters. The Morgan fingerprint density at radius 1 is 0.741 bits per heavy atom. The number of benzene rings is 3. The van der Waals surface area contributed by atoms with Gasteiger partial charge in [-0.2, -0.15) is 0 Å². The number of thiophene rings is 1. The first-order valence-electron chi connectivity index (χ1n) is 8.57. The minimum absolute atomic E-state index is 0.220. The lowest BCUT2D eigenvalue weighted by molar-refractivity contribution is 0.628. The minimum Gasteiger partial charge on any atom is -0.235 e. The van der Waals surface area contributed by atoms with Crippen molar-refractivity contribution in [2.75, 3.05) is 0 Å². The van der Waals surface area contributed by atoms with Gasteiger partial charge in [0.25, 0.3) is 0 Å². The topological polar surface area (TPSA) is 12.9 Å². The Bertz CT molecular complexity index is 1200. The first-order valence-corrected chi connectivity index (χ1v) is 10.3. The molecule has 0 aliphatic heterocycles. The molecule has 0 radical (unpaired) electrons. The number of hydrogen-bond donors (Lipinski definition) is 0. The molecule has 0 bridgehead atoms. The van der Waals surface area contributed by atoms with Gasteiger partial charge in [-0.1, -0.05) is 48.5 Å².